The van der Waals surface area contributed by atoms with E-state index in [9.17, 15) is 5.11 Å². The molecule has 0 amide bonds. The molecule has 126 valence electrons. The van der Waals surface area contributed by atoms with Crippen LogP contribution in [0.25, 0.3) is 37.7 Å². The average molecular weight is 357 g/mol. The Hall–Kier alpha value is -3.02. The number of hydrogen-bond acceptors (Lipinski definition) is 4. The van der Waals surface area contributed by atoms with Gasteiger partial charge in [-0.05, 0) is 47.0 Å². The number of thiazole rings is 1. The van der Waals surface area contributed by atoms with Crippen molar-refractivity contribution in [2.75, 3.05) is 0 Å². The number of imidazole rings is 1. The number of aliphatic hydroxyl groups is 1. The first-order chi connectivity index (χ1) is 12.8. The van der Waals surface area contributed by atoms with Crippen LogP contribution in [0.2, 0.25) is 0 Å². The number of benzene rings is 2. The minimum absolute atomic E-state index is 0.0446. The fourth-order valence-electron chi connectivity index (χ4n) is 3.10. The second-order valence-electron chi connectivity index (χ2n) is 6.15. The van der Waals surface area contributed by atoms with Crippen molar-refractivity contribution in [2.24, 2.45) is 0 Å². The van der Waals surface area contributed by atoms with E-state index in [1.807, 2.05) is 59.1 Å². The van der Waals surface area contributed by atoms with Crippen molar-refractivity contribution < 1.29 is 5.11 Å². The second kappa shape index (κ2) is 6.05. The molecule has 4 nitrogen and oxygen atoms in total. The maximum Gasteiger partial charge on any atom is 0.144 e. The summed E-state index contributed by atoms with van der Waals surface area (Å²) in [5.74, 6) is 0. The first kappa shape index (κ1) is 15.3. The maximum absolute atomic E-state index is 9.35. The zero-order chi connectivity index (χ0) is 17.5. The fourth-order valence-corrected chi connectivity index (χ4v) is 4.02. The van der Waals surface area contributed by atoms with Gasteiger partial charge >= 0.3 is 0 Å². The van der Waals surface area contributed by atoms with Gasteiger partial charge in [-0.15, -0.1) is 11.3 Å². The van der Waals surface area contributed by atoms with Gasteiger partial charge in [-0.2, -0.15) is 0 Å². The van der Waals surface area contributed by atoms with E-state index in [0.29, 0.717) is 0 Å². The normalized spacial score (nSPS) is 11.4. The van der Waals surface area contributed by atoms with E-state index < -0.39 is 0 Å². The van der Waals surface area contributed by atoms with Crippen molar-refractivity contribution in [1.29, 1.82) is 0 Å². The Morgan fingerprint density at radius 2 is 1.81 bits per heavy atom. The van der Waals surface area contributed by atoms with Crippen LogP contribution in [-0.2, 0) is 6.61 Å². The van der Waals surface area contributed by atoms with Crippen LogP contribution in [0.1, 0.15) is 5.56 Å². The quantitative estimate of drug-likeness (QED) is 0.506. The standard InChI is InChI=1S/C21H15N3OS/c25-13-14-4-3-5-15(10-14)16-8-9-20-22-18(12-24(20)11-16)21-23-17-6-1-2-7-19(17)26-21/h1-12,25H,13H2. The van der Waals surface area contributed by atoms with E-state index in [1.165, 1.54) is 4.70 Å². The van der Waals surface area contributed by atoms with Crippen LogP contribution in [0, 0.1) is 0 Å². The van der Waals surface area contributed by atoms with Gasteiger partial charge < -0.3 is 9.51 Å². The molecule has 5 rings (SSSR count). The molecule has 5 heteroatoms. The van der Waals surface area contributed by atoms with Crippen LogP contribution in [-0.4, -0.2) is 19.5 Å². The fraction of sp³-hybridized carbons (Fsp3) is 0.0476. The summed E-state index contributed by atoms with van der Waals surface area (Å²) in [6.45, 7) is 0.0446. The lowest BCUT2D eigenvalue weighted by molar-refractivity contribution is 0.282. The van der Waals surface area contributed by atoms with E-state index in [2.05, 4.69) is 18.3 Å². The molecule has 0 saturated heterocycles. The van der Waals surface area contributed by atoms with E-state index in [-0.39, 0.29) is 6.61 Å². The number of fused-ring (bicyclic) bond motifs is 2. The van der Waals surface area contributed by atoms with Gasteiger partial charge in [-0.3, -0.25) is 0 Å². The zero-order valence-electron chi connectivity index (χ0n) is 13.8. The maximum atomic E-state index is 9.35. The van der Waals surface area contributed by atoms with Crippen molar-refractivity contribution >= 4 is 27.2 Å². The van der Waals surface area contributed by atoms with Crippen LogP contribution in [0.15, 0.2) is 73.1 Å². The minimum Gasteiger partial charge on any atom is -0.392 e. The summed E-state index contributed by atoms with van der Waals surface area (Å²) in [6, 6.07) is 20.1. The lowest BCUT2D eigenvalue weighted by Crippen LogP contribution is -1.87. The zero-order valence-corrected chi connectivity index (χ0v) is 14.6. The molecule has 1 N–H and O–H groups in total. The van der Waals surface area contributed by atoms with E-state index in [4.69, 9.17) is 9.97 Å². The molecule has 3 heterocycles. The van der Waals surface area contributed by atoms with E-state index >= 15 is 0 Å². The smallest absolute Gasteiger partial charge is 0.144 e. The highest BCUT2D eigenvalue weighted by Gasteiger charge is 2.10. The van der Waals surface area contributed by atoms with Crippen molar-refractivity contribution in [2.45, 2.75) is 6.61 Å². The molecular formula is C21H15N3OS. The molecule has 0 unspecified atom stereocenters. The topological polar surface area (TPSA) is 50.4 Å². The Kier molecular flexibility index (Phi) is 3.55. The molecule has 0 radical (unpaired) electrons. The number of aliphatic hydroxyl groups excluding tert-OH is 1. The highest BCUT2D eigenvalue weighted by atomic mass is 32.1. The van der Waals surface area contributed by atoms with Gasteiger partial charge in [0, 0.05) is 12.4 Å². The molecule has 5 aromatic rings. The van der Waals surface area contributed by atoms with Gasteiger partial charge in [0.05, 0.1) is 16.8 Å². The summed E-state index contributed by atoms with van der Waals surface area (Å²) in [6.07, 6.45) is 4.09. The molecule has 0 saturated carbocycles. The molecule has 0 atom stereocenters. The lowest BCUT2D eigenvalue weighted by Gasteiger charge is -2.04. The molecule has 2 aromatic carbocycles. The number of hydrogen-bond donors (Lipinski definition) is 1. The van der Waals surface area contributed by atoms with Crippen molar-refractivity contribution in [3.05, 3.63) is 78.6 Å². The van der Waals surface area contributed by atoms with Crippen molar-refractivity contribution in [3.8, 4) is 21.8 Å². The summed E-state index contributed by atoms with van der Waals surface area (Å²) < 4.78 is 3.20. The van der Waals surface area contributed by atoms with Gasteiger partial charge in [0.2, 0.25) is 0 Å². The molecular weight excluding hydrogens is 342 g/mol. The third-order valence-electron chi connectivity index (χ3n) is 4.41. The Morgan fingerprint density at radius 1 is 0.885 bits per heavy atom. The molecule has 0 aliphatic heterocycles. The number of aromatic nitrogens is 3. The van der Waals surface area contributed by atoms with Crippen LogP contribution in [0.5, 0.6) is 0 Å². The Bertz CT molecular complexity index is 1210. The molecule has 26 heavy (non-hydrogen) atoms. The third kappa shape index (κ3) is 2.58. The molecule has 0 spiro atoms. The predicted octanol–water partition coefficient (Wildman–Crippen LogP) is 4.77. The molecule has 0 aliphatic rings. The number of rotatable bonds is 3. The number of pyridine rings is 1. The number of para-hydroxylation sites is 1. The summed E-state index contributed by atoms with van der Waals surface area (Å²) in [5, 5.41) is 10.3. The molecule has 0 bridgehead atoms. The molecule has 0 aliphatic carbocycles. The summed E-state index contributed by atoms with van der Waals surface area (Å²) >= 11 is 1.66. The van der Waals surface area contributed by atoms with Gasteiger partial charge in [0.15, 0.2) is 0 Å². The molecule has 0 fully saturated rings. The van der Waals surface area contributed by atoms with Crippen LogP contribution >= 0.6 is 11.3 Å². The van der Waals surface area contributed by atoms with Gasteiger partial charge in [0.1, 0.15) is 16.3 Å². The average Bonchev–Trinajstić information content (AvgIpc) is 3.31. The first-order valence-electron chi connectivity index (χ1n) is 8.35. The third-order valence-corrected chi connectivity index (χ3v) is 5.47. The molecule has 3 aromatic heterocycles. The first-order valence-corrected chi connectivity index (χ1v) is 9.17. The Labute approximate surface area is 154 Å². The lowest BCUT2D eigenvalue weighted by atomic mass is 10.1. The van der Waals surface area contributed by atoms with E-state index in [1.54, 1.807) is 11.3 Å². The number of nitrogens with zero attached hydrogens (tertiary/aromatic N) is 3. The van der Waals surface area contributed by atoms with Crippen molar-refractivity contribution in [3.63, 3.8) is 0 Å². The highest BCUT2D eigenvalue weighted by molar-refractivity contribution is 7.21. The van der Waals surface area contributed by atoms with Crippen LogP contribution < -0.4 is 0 Å². The SMILES string of the molecule is OCc1cccc(-c2ccc3nc(-c4nc5ccccc5s4)cn3c2)c1. The Balaban J connectivity index is 1.59. The predicted molar refractivity (Wildman–Crippen MR) is 105 cm³/mol. The summed E-state index contributed by atoms with van der Waals surface area (Å²) in [5.41, 5.74) is 5.85. The Morgan fingerprint density at radius 3 is 2.69 bits per heavy atom. The van der Waals surface area contributed by atoms with Crippen LogP contribution in [0.4, 0.5) is 0 Å². The minimum atomic E-state index is 0.0446. The second-order valence-corrected chi connectivity index (χ2v) is 7.19. The van der Waals surface area contributed by atoms with E-state index in [0.717, 1.165) is 38.6 Å². The summed E-state index contributed by atoms with van der Waals surface area (Å²) in [7, 11) is 0. The van der Waals surface area contributed by atoms with Gasteiger partial charge in [0.25, 0.3) is 0 Å². The largest absolute Gasteiger partial charge is 0.392 e. The van der Waals surface area contributed by atoms with Gasteiger partial charge in [-0.25, -0.2) is 9.97 Å². The van der Waals surface area contributed by atoms with Crippen molar-refractivity contribution in [1.82, 2.24) is 14.4 Å². The van der Waals surface area contributed by atoms with Gasteiger partial charge in [-0.1, -0.05) is 30.3 Å². The monoisotopic (exact) mass is 357 g/mol. The van der Waals surface area contributed by atoms with Crippen LogP contribution in [0.3, 0.4) is 0 Å². The highest BCUT2D eigenvalue weighted by Crippen LogP contribution is 2.30. The summed E-state index contributed by atoms with van der Waals surface area (Å²) in [4.78, 5) is 9.41.